The highest BCUT2D eigenvalue weighted by molar-refractivity contribution is 5.54. The fourth-order valence-corrected chi connectivity index (χ4v) is 3.57. The SMILES string of the molecule is CCC(CCC(O)c1cc(OC)c(OC)c(OC)c1)(NC)c1ccccc1. The molecule has 5 nitrogen and oxygen atoms in total. The minimum atomic E-state index is -0.637. The summed E-state index contributed by atoms with van der Waals surface area (Å²) >= 11 is 0. The van der Waals surface area contributed by atoms with Gasteiger partial charge in [0.05, 0.1) is 27.4 Å². The summed E-state index contributed by atoms with van der Waals surface area (Å²) in [7, 11) is 6.69. The summed E-state index contributed by atoms with van der Waals surface area (Å²) < 4.78 is 16.2. The van der Waals surface area contributed by atoms with Gasteiger partial charge in [0.2, 0.25) is 5.75 Å². The quantitative estimate of drug-likeness (QED) is 0.658. The number of hydrogen-bond donors (Lipinski definition) is 2. The summed E-state index contributed by atoms with van der Waals surface area (Å²) in [6.07, 6.45) is 1.68. The first-order valence-corrected chi connectivity index (χ1v) is 9.27. The van der Waals surface area contributed by atoms with E-state index in [4.69, 9.17) is 14.2 Å². The molecule has 2 rings (SSSR count). The molecule has 148 valence electrons. The Labute approximate surface area is 162 Å². The highest BCUT2D eigenvalue weighted by Gasteiger charge is 2.29. The zero-order valence-corrected chi connectivity index (χ0v) is 16.9. The maximum absolute atomic E-state index is 10.8. The van der Waals surface area contributed by atoms with Gasteiger partial charge in [-0.2, -0.15) is 0 Å². The van der Waals surface area contributed by atoms with Gasteiger partial charge in [0.25, 0.3) is 0 Å². The van der Waals surface area contributed by atoms with E-state index in [2.05, 4.69) is 24.4 Å². The van der Waals surface area contributed by atoms with Crippen molar-refractivity contribution in [3.05, 3.63) is 53.6 Å². The first kappa shape index (κ1) is 21.1. The van der Waals surface area contributed by atoms with Crippen LogP contribution in [0.25, 0.3) is 0 Å². The number of methoxy groups -OCH3 is 3. The summed E-state index contributed by atoms with van der Waals surface area (Å²) in [5.74, 6) is 1.62. The summed E-state index contributed by atoms with van der Waals surface area (Å²) in [5, 5.41) is 14.3. The number of rotatable bonds is 10. The monoisotopic (exact) mass is 373 g/mol. The average Bonchev–Trinajstić information content (AvgIpc) is 2.74. The van der Waals surface area contributed by atoms with Gasteiger partial charge < -0.3 is 24.6 Å². The highest BCUT2D eigenvalue weighted by Crippen LogP contribution is 2.41. The molecule has 0 spiro atoms. The Kier molecular flexibility index (Phi) is 7.51. The maximum Gasteiger partial charge on any atom is 0.203 e. The number of aliphatic hydroxyl groups excluding tert-OH is 1. The van der Waals surface area contributed by atoms with Crippen molar-refractivity contribution in [2.45, 2.75) is 37.8 Å². The Hall–Kier alpha value is -2.24. The normalized spacial score (nSPS) is 14.3. The van der Waals surface area contributed by atoms with Crippen LogP contribution in [0.4, 0.5) is 0 Å². The predicted octanol–water partition coefficient (Wildman–Crippen LogP) is 4.05. The molecular formula is C22H31NO4. The van der Waals surface area contributed by atoms with Crippen molar-refractivity contribution in [3.63, 3.8) is 0 Å². The second-order valence-electron chi connectivity index (χ2n) is 6.56. The standard InChI is InChI=1S/C22H31NO4/c1-6-22(23-2,17-10-8-7-9-11-17)13-12-18(24)16-14-19(25-3)21(27-5)20(15-16)26-4/h7-11,14-15,18,23-24H,6,12-13H2,1-5H3. The van der Waals surface area contributed by atoms with Crippen LogP contribution in [0.1, 0.15) is 43.4 Å². The zero-order chi connectivity index (χ0) is 19.9. The van der Waals surface area contributed by atoms with Crippen molar-refractivity contribution in [2.75, 3.05) is 28.4 Å². The van der Waals surface area contributed by atoms with Crippen LogP contribution >= 0.6 is 0 Å². The first-order chi connectivity index (χ1) is 13.0. The Morgan fingerprint density at radius 3 is 2.04 bits per heavy atom. The number of ether oxygens (including phenoxy) is 3. The van der Waals surface area contributed by atoms with E-state index in [1.807, 2.05) is 37.4 Å². The van der Waals surface area contributed by atoms with E-state index >= 15 is 0 Å². The van der Waals surface area contributed by atoms with Gasteiger partial charge in [-0.1, -0.05) is 37.3 Å². The molecule has 0 aliphatic heterocycles. The van der Waals surface area contributed by atoms with Gasteiger partial charge in [-0.15, -0.1) is 0 Å². The van der Waals surface area contributed by atoms with Crippen molar-refractivity contribution in [3.8, 4) is 17.2 Å². The third-order valence-electron chi connectivity index (χ3n) is 5.32. The van der Waals surface area contributed by atoms with Crippen LogP contribution in [-0.2, 0) is 5.54 Å². The summed E-state index contributed by atoms with van der Waals surface area (Å²) in [6, 6.07) is 14.0. The molecule has 0 heterocycles. The fourth-order valence-electron chi connectivity index (χ4n) is 3.57. The molecule has 27 heavy (non-hydrogen) atoms. The molecule has 2 aromatic rings. The summed E-state index contributed by atoms with van der Waals surface area (Å²) in [4.78, 5) is 0. The highest BCUT2D eigenvalue weighted by atomic mass is 16.5. The molecule has 2 unspecified atom stereocenters. The summed E-state index contributed by atoms with van der Waals surface area (Å²) in [5.41, 5.74) is 1.80. The molecule has 2 N–H and O–H groups in total. The van der Waals surface area contributed by atoms with Crippen molar-refractivity contribution in [1.82, 2.24) is 5.32 Å². The average molecular weight is 373 g/mol. The van der Waals surface area contributed by atoms with Crippen LogP contribution in [0, 0.1) is 0 Å². The Bertz CT molecular complexity index is 689. The van der Waals surface area contributed by atoms with Gasteiger partial charge >= 0.3 is 0 Å². The number of aliphatic hydroxyl groups is 1. The molecule has 0 bridgehead atoms. The number of nitrogens with one attached hydrogen (secondary N) is 1. The van der Waals surface area contributed by atoms with Crippen molar-refractivity contribution in [1.29, 1.82) is 0 Å². The molecule has 0 aromatic heterocycles. The minimum Gasteiger partial charge on any atom is -0.493 e. The van der Waals surface area contributed by atoms with Crippen LogP contribution in [-0.4, -0.2) is 33.5 Å². The van der Waals surface area contributed by atoms with Gasteiger partial charge in [-0.3, -0.25) is 0 Å². The van der Waals surface area contributed by atoms with Gasteiger partial charge in [-0.05, 0) is 49.6 Å². The summed E-state index contributed by atoms with van der Waals surface area (Å²) in [6.45, 7) is 2.16. The zero-order valence-electron chi connectivity index (χ0n) is 16.9. The second-order valence-corrected chi connectivity index (χ2v) is 6.56. The predicted molar refractivity (Wildman–Crippen MR) is 108 cm³/mol. The van der Waals surface area contributed by atoms with E-state index in [1.54, 1.807) is 21.3 Å². The van der Waals surface area contributed by atoms with E-state index in [1.165, 1.54) is 5.56 Å². The molecule has 0 saturated heterocycles. The first-order valence-electron chi connectivity index (χ1n) is 9.27. The van der Waals surface area contributed by atoms with Crippen molar-refractivity contribution < 1.29 is 19.3 Å². The van der Waals surface area contributed by atoms with Gasteiger partial charge in [-0.25, -0.2) is 0 Å². The second kappa shape index (κ2) is 9.62. The van der Waals surface area contributed by atoms with E-state index in [-0.39, 0.29) is 5.54 Å². The lowest BCUT2D eigenvalue weighted by molar-refractivity contribution is 0.144. The van der Waals surface area contributed by atoms with Crippen LogP contribution in [0.15, 0.2) is 42.5 Å². The fraction of sp³-hybridized carbons (Fsp3) is 0.455. The lowest BCUT2D eigenvalue weighted by atomic mass is 9.82. The van der Waals surface area contributed by atoms with E-state index < -0.39 is 6.10 Å². The van der Waals surface area contributed by atoms with Gasteiger partial charge in [0.1, 0.15) is 0 Å². The lowest BCUT2D eigenvalue weighted by Gasteiger charge is -2.34. The molecule has 2 aromatic carbocycles. The Balaban J connectivity index is 2.24. The molecule has 0 saturated carbocycles. The van der Waals surface area contributed by atoms with Crippen LogP contribution < -0.4 is 19.5 Å². The molecule has 0 amide bonds. The maximum atomic E-state index is 10.8. The molecule has 0 aliphatic carbocycles. The van der Waals surface area contributed by atoms with E-state index in [0.717, 1.165) is 18.4 Å². The molecule has 5 heteroatoms. The van der Waals surface area contributed by atoms with Gasteiger partial charge in [0.15, 0.2) is 11.5 Å². The third-order valence-corrected chi connectivity index (χ3v) is 5.32. The largest absolute Gasteiger partial charge is 0.493 e. The number of hydrogen-bond acceptors (Lipinski definition) is 5. The van der Waals surface area contributed by atoms with Crippen LogP contribution in [0.5, 0.6) is 17.2 Å². The minimum absolute atomic E-state index is 0.178. The molecule has 0 fully saturated rings. The molecule has 0 radical (unpaired) electrons. The van der Waals surface area contributed by atoms with Crippen molar-refractivity contribution >= 4 is 0 Å². The number of benzene rings is 2. The Morgan fingerprint density at radius 1 is 1.00 bits per heavy atom. The van der Waals surface area contributed by atoms with Crippen LogP contribution in [0.3, 0.4) is 0 Å². The Morgan fingerprint density at radius 2 is 1.59 bits per heavy atom. The van der Waals surface area contributed by atoms with Gasteiger partial charge in [0, 0.05) is 5.54 Å². The van der Waals surface area contributed by atoms with E-state index in [0.29, 0.717) is 23.7 Å². The van der Waals surface area contributed by atoms with E-state index in [9.17, 15) is 5.11 Å². The van der Waals surface area contributed by atoms with Crippen LogP contribution in [0.2, 0.25) is 0 Å². The smallest absolute Gasteiger partial charge is 0.203 e. The lowest BCUT2D eigenvalue weighted by Crippen LogP contribution is -2.39. The topological polar surface area (TPSA) is 60.0 Å². The third kappa shape index (κ3) is 4.54. The molecule has 2 atom stereocenters. The molecular weight excluding hydrogens is 342 g/mol. The van der Waals surface area contributed by atoms with Crippen molar-refractivity contribution in [2.24, 2.45) is 0 Å². The molecule has 0 aliphatic rings.